The number of ketones is 1. The van der Waals surface area contributed by atoms with E-state index in [0.717, 1.165) is 23.1 Å². The van der Waals surface area contributed by atoms with Crippen LogP contribution in [0, 0.1) is 0 Å². The molecule has 0 N–H and O–H groups in total. The lowest BCUT2D eigenvalue weighted by Crippen LogP contribution is -2.44. The van der Waals surface area contributed by atoms with Crippen LogP contribution in [0.25, 0.3) is 0 Å². The second-order valence-corrected chi connectivity index (χ2v) is 4.97. The molecule has 1 aliphatic heterocycles. The van der Waals surface area contributed by atoms with Gasteiger partial charge in [-0.1, -0.05) is 18.2 Å². The summed E-state index contributed by atoms with van der Waals surface area (Å²) in [6.07, 6.45) is 1.54. The molecule has 1 amide bonds. The van der Waals surface area contributed by atoms with E-state index in [-0.39, 0.29) is 17.9 Å². The van der Waals surface area contributed by atoms with Crippen LogP contribution in [0.4, 0.5) is 0 Å². The lowest BCUT2D eigenvalue weighted by Gasteiger charge is -2.39. The quantitative estimate of drug-likeness (QED) is 0.615. The molecule has 1 aromatic carbocycles. The molecule has 1 heterocycles. The maximum atomic E-state index is 11.7. The van der Waals surface area contributed by atoms with E-state index in [1.54, 1.807) is 18.9 Å². The monoisotopic (exact) mass is 261 g/mol. The molecule has 0 saturated carbocycles. The molecule has 2 rings (SSSR count). The molecule has 0 spiro atoms. The standard InChI is InChI=1S/C15H19NO3/c1-10-13-5-4-6-14(11(2)18)15(13)7-12(8-19-3)16(10)9-17/h4-6,9-10,12H,7-8H2,1-3H3/t10?,12-/m1/s1. The fourth-order valence-corrected chi connectivity index (χ4v) is 2.89. The number of carbonyl (C=O) groups is 2. The van der Waals surface area contributed by atoms with E-state index in [1.807, 2.05) is 25.1 Å². The van der Waals surface area contributed by atoms with Crippen LogP contribution in [0.2, 0.25) is 0 Å². The maximum Gasteiger partial charge on any atom is 0.210 e. The smallest absolute Gasteiger partial charge is 0.210 e. The van der Waals surface area contributed by atoms with Crippen LogP contribution in [0.5, 0.6) is 0 Å². The van der Waals surface area contributed by atoms with Crippen molar-refractivity contribution < 1.29 is 14.3 Å². The van der Waals surface area contributed by atoms with Crippen molar-refractivity contribution in [3.05, 3.63) is 34.9 Å². The molecule has 0 aliphatic carbocycles. The summed E-state index contributed by atoms with van der Waals surface area (Å²) in [5.41, 5.74) is 2.88. The Bertz CT molecular complexity index is 498. The van der Waals surface area contributed by atoms with Crippen LogP contribution in [0.3, 0.4) is 0 Å². The molecule has 4 heteroatoms. The second-order valence-electron chi connectivity index (χ2n) is 4.97. The third-order valence-electron chi connectivity index (χ3n) is 3.83. The van der Waals surface area contributed by atoms with E-state index in [1.165, 1.54) is 0 Å². The maximum absolute atomic E-state index is 11.7. The minimum atomic E-state index is -0.0271. The Hall–Kier alpha value is -1.68. The van der Waals surface area contributed by atoms with Crippen molar-refractivity contribution in [3.8, 4) is 0 Å². The number of hydrogen-bond acceptors (Lipinski definition) is 3. The van der Waals surface area contributed by atoms with Gasteiger partial charge in [0.1, 0.15) is 0 Å². The van der Waals surface area contributed by atoms with Crippen LogP contribution in [0.15, 0.2) is 18.2 Å². The number of fused-ring (bicyclic) bond motifs is 1. The number of hydrogen-bond donors (Lipinski definition) is 0. The molecule has 102 valence electrons. The van der Waals surface area contributed by atoms with Crippen molar-refractivity contribution in [2.75, 3.05) is 13.7 Å². The summed E-state index contributed by atoms with van der Waals surface area (Å²) in [5.74, 6) is 0.0692. The molecular formula is C15H19NO3. The Morgan fingerprint density at radius 3 is 2.84 bits per heavy atom. The van der Waals surface area contributed by atoms with Crippen molar-refractivity contribution >= 4 is 12.2 Å². The number of benzene rings is 1. The van der Waals surface area contributed by atoms with Gasteiger partial charge in [-0.3, -0.25) is 9.59 Å². The molecule has 0 fully saturated rings. The fraction of sp³-hybridized carbons (Fsp3) is 0.467. The third kappa shape index (κ3) is 2.40. The average Bonchev–Trinajstić information content (AvgIpc) is 2.39. The predicted molar refractivity (Wildman–Crippen MR) is 72.1 cm³/mol. The van der Waals surface area contributed by atoms with Gasteiger partial charge in [-0.15, -0.1) is 0 Å². The van der Waals surface area contributed by atoms with Gasteiger partial charge in [0.15, 0.2) is 5.78 Å². The Morgan fingerprint density at radius 2 is 2.26 bits per heavy atom. The second kappa shape index (κ2) is 5.53. The average molecular weight is 261 g/mol. The van der Waals surface area contributed by atoms with E-state index in [2.05, 4.69) is 0 Å². The van der Waals surface area contributed by atoms with Gasteiger partial charge in [-0.2, -0.15) is 0 Å². The Kier molecular flexibility index (Phi) is 4.00. The Balaban J connectivity index is 2.49. The number of amides is 1. The van der Waals surface area contributed by atoms with Crippen molar-refractivity contribution in [2.24, 2.45) is 0 Å². The minimum Gasteiger partial charge on any atom is -0.383 e. The number of carbonyl (C=O) groups excluding carboxylic acids is 2. The zero-order valence-corrected chi connectivity index (χ0v) is 11.6. The molecule has 1 aliphatic rings. The zero-order chi connectivity index (χ0) is 14.0. The van der Waals surface area contributed by atoms with Gasteiger partial charge < -0.3 is 9.64 Å². The van der Waals surface area contributed by atoms with Crippen LogP contribution < -0.4 is 0 Å². The zero-order valence-electron chi connectivity index (χ0n) is 11.6. The lowest BCUT2D eigenvalue weighted by molar-refractivity contribution is -0.124. The molecule has 1 unspecified atom stereocenters. The first-order valence-corrected chi connectivity index (χ1v) is 6.44. The van der Waals surface area contributed by atoms with E-state index in [4.69, 9.17) is 4.74 Å². The number of methoxy groups -OCH3 is 1. The first kappa shape index (κ1) is 13.7. The lowest BCUT2D eigenvalue weighted by atomic mass is 9.85. The highest BCUT2D eigenvalue weighted by Crippen LogP contribution is 2.33. The summed E-state index contributed by atoms with van der Waals surface area (Å²) in [7, 11) is 1.63. The van der Waals surface area contributed by atoms with Gasteiger partial charge in [0.25, 0.3) is 0 Å². The van der Waals surface area contributed by atoms with Gasteiger partial charge in [-0.25, -0.2) is 0 Å². The molecule has 4 nitrogen and oxygen atoms in total. The van der Waals surface area contributed by atoms with Crippen LogP contribution in [0.1, 0.15) is 41.4 Å². The van der Waals surface area contributed by atoms with Crippen LogP contribution >= 0.6 is 0 Å². The largest absolute Gasteiger partial charge is 0.383 e. The third-order valence-corrected chi connectivity index (χ3v) is 3.83. The van der Waals surface area contributed by atoms with Crippen molar-refractivity contribution in [2.45, 2.75) is 32.4 Å². The summed E-state index contributed by atoms with van der Waals surface area (Å²) in [4.78, 5) is 24.8. The van der Waals surface area contributed by atoms with E-state index < -0.39 is 0 Å². The molecule has 0 aromatic heterocycles. The first-order valence-electron chi connectivity index (χ1n) is 6.44. The summed E-state index contributed by atoms with van der Waals surface area (Å²) >= 11 is 0. The number of ether oxygens (including phenoxy) is 1. The number of nitrogens with zero attached hydrogens (tertiary/aromatic N) is 1. The number of rotatable bonds is 4. The Labute approximate surface area is 113 Å². The van der Waals surface area contributed by atoms with Crippen LogP contribution in [-0.4, -0.2) is 36.9 Å². The fourth-order valence-electron chi connectivity index (χ4n) is 2.89. The van der Waals surface area contributed by atoms with Gasteiger partial charge in [-0.05, 0) is 31.4 Å². The van der Waals surface area contributed by atoms with E-state index in [0.29, 0.717) is 13.0 Å². The topological polar surface area (TPSA) is 46.6 Å². The molecule has 19 heavy (non-hydrogen) atoms. The molecule has 0 radical (unpaired) electrons. The highest BCUT2D eigenvalue weighted by molar-refractivity contribution is 5.96. The Morgan fingerprint density at radius 1 is 1.53 bits per heavy atom. The predicted octanol–water partition coefficient (Wildman–Crippen LogP) is 1.98. The highest BCUT2D eigenvalue weighted by Gasteiger charge is 2.32. The van der Waals surface area contributed by atoms with Gasteiger partial charge in [0, 0.05) is 12.7 Å². The van der Waals surface area contributed by atoms with E-state index >= 15 is 0 Å². The molecule has 1 aromatic rings. The summed E-state index contributed by atoms with van der Waals surface area (Å²) < 4.78 is 5.19. The van der Waals surface area contributed by atoms with Gasteiger partial charge in [0.2, 0.25) is 6.41 Å². The van der Waals surface area contributed by atoms with Crippen molar-refractivity contribution in [1.29, 1.82) is 0 Å². The highest BCUT2D eigenvalue weighted by atomic mass is 16.5. The van der Waals surface area contributed by atoms with Crippen molar-refractivity contribution in [3.63, 3.8) is 0 Å². The normalized spacial score (nSPS) is 21.9. The molecular weight excluding hydrogens is 242 g/mol. The SMILES string of the molecule is COC[C@H]1Cc2c(C(C)=O)cccc2C(C)N1C=O. The van der Waals surface area contributed by atoms with Gasteiger partial charge >= 0.3 is 0 Å². The van der Waals surface area contributed by atoms with E-state index in [9.17, 15) is 9.59 Å². The summed E-state index contributed by atoms with van der Waals surface area (Å²) in [6, 6.07) is 5.69. The summed E-state index contributed by atoms with van der Waals surface area (Å²) in [5, 5.41) is 0. The summed E-state index contributed by atoms with van der Waals surface area (Å²) in [6.45, 7) is 4.05. The first-order chi connectivity index (χ1) is 9.10. The van der Waals surface area contributed by atoms with Gasteiger partial charge in [0.05, 0.1) is 18.7 Å². The molecule has 0 bridgehead atoms. The van der Waals surface area contributed by atoms with Crippen LogP contribution in [-0.2, 0) is 16.0 Å². The molecule has 2 atom stereocenters. The minimum absolute atomic E-state index is 0.00880. The van der Waals surface area contributed by atoms with Crippen molar-refractivity contribution in [1.82, 2.24) is 4.90 Å². The molecule has 0 saturated heterocycles. The number of Topliss-reactive ketones (excluding diaryl/α,β-unsaturated/α-hetero) is 1.